The lowest BCUT2D eigenvalue weighted by Gasteiger charge is -2.30. The maximum absolute atomic E-state index is 11.7. The topological polar surface area (TPSA) is 146 Å². The van der Waals surface area contributed by atoms with Crippen LogP contribution in [0.5, 0.6) is 0 Å². The standard InChI is InChI=1S/C16H19N9O/c1-25-4-2-10(3-5-25)21-12-6-13(23-24-15(12)16(18)26)22-14-9-19-11(7-17)8-20-14/h6,8-10H,2-5H2,1H3,(H2,18,26)(H2,20,21,22,23). The molecule has 2 aromatic heterocycles. The number of nitriles is 1. The Hall–Kier alpha value is -3.32. The Morgan fingerprint density at radius 2 is 2.04 bits per heavy atom. The van der Waals surface area contributed by atoms with Crippen LogP contribution in [-0.4, -0.2) is 57.2 Å². The zero-order valence-corrected chi connectivity index (χ0v) is 14.3. The Bertz CT molecular complexity index is 823. The van der Waals surface area contributed by atoms with Crippen LogP contribution in [-0.2, 0) is 0 Å². The van der Waals surface area contributed by atoms with Gasteiger partial charge in [0.05, 0.1) is 18.1 Å². The molecule has 0 saturated carbocycles. The molecule has 3 rings (SSSR count). The molecule has 1 aliphatic rings. The molecule has 0 atom stereocenters. The number of primary amides is 1. The maximum atomic E-state index is 11.7. The minimum absolute atomic E-state index is 0.0976. The lowest BCUT2D eigenvalue weighted by molar-refractivity contribution is 0.0995. The van der Waals surface area contributed by atoms with Crippen LogP contribution in [0.25, 0.3) is 0 Å². The van der Waals surface area contributed by atoms with E-state index in [1.807, 2.05) is 6.07 Å². The first-order valence-electron chi connectivity index (χ1n) is 8.17. The average Bonchev–Trinajstić information content (AvgIpc) is 2.64. The molecule has 0 aliphatic carbocycles. The third-order valence-corrected chi connectivity index (χ3v) is 4.13. The van der Waals surface area contributed by atoms with Crippen molar-refractivity contribution in [3.8, 4) is 6.07 Å². The average molecular weight is 353 g/mol. The Morgan fingerprint density at radius 3 is 2.65 bits per heavy atom. The van der Waals surface area contributed by atoms with Crippen molar-refractivity contribution in [3.05, 3.63) is 29.8 Å². The van der Waals surface area contributed by atoms with Gasteiger partial charge < -0.3 is 21.3 Å². The Kier molecular flexibility index (Phi) is 5.19. The lowest BCUT2D eigenvalue weighted by Crippen LogP contribution is -2.37. The van der Waals surface area contributed by atoms with Gasteiger partial charge in [-0.2, -0.15) is 5.26 Å². The molecule has 0 bridgehead atoms. The number of carbonyl (C=O) groups is 1. The molecule has 1 saturated heterocycles. The van der Waals surface area contributed by atoms with Gasteiger partial charge in [-0.25, -0.2) is 9.97 Å². The third kappa shape index (κ3) is 4.20. The molecule has 3 heterocycles. The highest BCUT2D eigenvalue weighted by molar-refractivity contribution is 5.96. The molecule has 2 aromatic rings. The van der Waals surface area contributed by atoms with Gasteiger partial charge in [-0.1, -0.05) is 0 Å². The van der Waals surface area contributed by atoms with Crippen molar-refractivity contribution in [3.63, 3.8) is 0 Å². The molecule has 1 fully saturated rings. The van der Waals surface area contributed by atoms with Gasteiger partial charge in [0.2, 0.25) is 0 Å². The van der Waals surface area contributed by atoms with Crippen molar-refractivity contribution in [1.82, 2.24) is 25.1 Å². The molecule has 10 nitrogen and oxygen atoms in total. The Morgan fingerprint density at radius 1 is 1.27 bits per heavy atom. The van der Waals surface area contributed by atoms with E-state index < -0.39 is 5.91 Å². The van der Waals surface area contributed by atoms with E-state index in [0.717, 1.165) is 25.9 Å². The first-order chi connectivity index (χ1) is 12.5. The van der Waals surface area contributed by atoms with Crippen LogP contribution in [0.15, 0.2) is 18.5 Å². The molecular weight excluding hydrogens is 334 g/mol. The highest BCUT2D eigenvalue weighted by Gasteiger charge is 2.20. The predicted octanol–water partition coefficient (Wildman–Crippen LogP) is 0.487. The summed E-state index contributed by atoms with van der Waals surface area (Å²) in [5, 5.41) is 22.9. The first kappa shape index (κ1) is 17.5. The van der Waals surface area contributed by atoms with Crippen LogP contribution in [0, 0.1) is 11.3 Å². The number of nitrogens with zero attached hydrogens (tertiary/aromatic N) is 6. The molecule has 0 unspecified atom stereocenters. The molecule has 0 radical (unpaired) electrons. The molecule has 0 spiro atoms. The summed E-state index contributed by atoms with van der Waals surface area (Å²) in [7, 11) is 2.08. The zero-order valence-electron chi connectivity index (χ0n) is 14.3. The van der Waals surface area contributed by atoms with Crippen molar-refractivity contribution in [1.29, 1.82) is 5.26 Å². The number of hydrogen-bond acceptors (Lipinski definition) is 9. The van der Waals surface area contributed by atoms with Gasteiger partial charge in [0.1, 0.15) is 11.9 Å². The molecule has 26 heavy (non-hydrogen) atoms. The van der Waals surface area contributed by atoms with Crippen molar-refractivity contribution in [2.45, 2.75) is 18.9 Å². The van der Waals surface area contributed by atoms with E-state index in [2.05, 4.69) is 42.7 Å². The summed E-state index contributed by atoms with van der Waals surface area (Å²) in [6.07, 6.45) is 4.69. The number of nitrogens with two attached hydrogens (primary N) is 1. The van der Waals surface area contributed by atoms with Gasteiger partial charge in [-0.05, 0) is 33.0 Å². The lowest BCUT2D eigenvalue weighted by atomic mass is 10.1. The van der Waals surface area contributed by atoms with E-state index in [0.29, 0.717) is 17.3 Å². The highest BCUT2D eigenvalue weighted by Crippen LogP contribution is 2.22. The fourth-order valence-electron chi connectivity index (χ4n) is 2.70. The van der Waals surface area contributed by atoms with Gasteiger partial charge in [0.25, 0.3) is 5.91 Å². The SMILES string of the molecule is CN1CCC(Nc2cc(Nc3cnc(C#N)cn3)nnc2C(N)=O)CC1. The first-order valence-corrected chi connectivity index (χ1v) is 8.17. The van der Waals surface area contributed by atoms with Gasteiger partial charge >= 0.3 is 0 Å². The summed E-state index contributed by atoms with van der Waals surface area (Å²) in [6, 6.07) is 3.81. The fraction of sp³-hybridized carbons (Fsp3) is 0.375. The number of piperidine rings is 1. The number of nitrogens with one attached hydrogen (secondary N) is 2. The summed E-state index contributed by atoms with van der Waals surface area (Å²) < 4.78 is 0. The number of anilines is 3. The van der Waals surface area contributed by atoms with Crippen molar-refractivity contribution in [2.24, 2.45) is 5.73 Å². The second-order valence-corrected chi connectivity index (χ2v) is 6.10. The summed E-state index contributed by atoms with van der Waals surface area (Å²) in [5.41, 5.74) is 6.26. The van der Waals surface area contributed by atoms with Gasteiger partial charge in [0.15, 0.2) is 17.2 Å². The molecular formula is C16H19N9O. The summed E-state index contributed by atoms with van der Waals surface area (Å²) in [6.45, 7) is 1.96. The number of carbonyl (C=O) groups excluding carboxylic acids is 1. The number of likely N-dealkylation sites (tertiary alicyclic amines) is 1. The molecule has 1 aliphatic heterocycles. The molecule has 10 heteroatoms. The summed E-state index contributed by atoms with van der Waals surface area (Å²) in [5.74, 6) is 0.164. The summed E-state index contributed by atoms with van der Waals surface area (Å²) >= 11 is 0. The second kappa shape index (κ2) is 7.71. The monoisotopic (exact) mass is 353 g/mol. The van der Waals surface area contributed by atoms with Crippen molar-refractivity contribution >= 4 is 23.2 Å². The number of hydrogen-bond donors (Lipinski definition) is 3. The smallest absolute Gasteiger partial charge is 0.271 e. The second-order valence-electron chi connectivity index (χ2n) is 6.10. The number of amides is 1. The Balaban J connectivity index is 1.79. The van der Waals surface area contributed by atoms with Gasteiger partial charge in [0, 0.05) is 12.1 Å². The van der Waals surface area contributed by atoms with E-state index in [1.54, 1.807) is 6.07 Å². The molecule has 4 N–H and O–H groups in total. The zero-order chi connectivity index (χ0) is 18.5. The fourth-order valence-corrected chi connectivity index (χ4v) is 2.70. The van der Waals surface area contributed by atoms with Crippen LogP contribution >= 0.6 is 0 Å². The largest absolute Gasteiger partial charge is 0.380 e. The van der Waals surface area contributed by atoms with Crippen molar-refractivity contribution in [2.75, 3.05) is 30.8 Å². The van der Waals surface area contributed by atoms with E-state index in [4.69, 9.17) is 11.0 Å². The van der Waals surface area contributed by atoms with Gasteiger partial charge in [-0.3, -0.25) is 4.79 Å². The van der Waals surface area contributed by atoms with E-state index in [1.165, 1.54) is 12.4 Å². The number of rotatable bonds is 5. The maximum Gasteiger partial charge on any atom is 0.271 e. The third-order valence-electron chi connectivity index (χ3n) is 4.13. The normalized spacial score (nSPS) is 15.2. The quantitative estimate of drug-likeness (QED) is 0.698. The van der Waals surface area contributed by atoms with Crippen LogP contribution in [0.3, 0.4) is 0 Å². The van der Waals surface area contributed by atoms with E-state index in [-0.39, 0.29) is 17.4 Å². The van der Waals surface area contributed by atoms with Crippen molar-refractivity contribution < 1.29 is 4.79 Å². The Labute approximate surface area is 150 Å². The van der Waals surface area contributed by atoms with Gasteiger partial charge in [-0.15, -0.1) is 10.2 Å². The van der Waals surface area contributed by atoms with Crippen LogP contribution in [0.2, 0.25) is 0 Å². The minimum atomic E-state index is -0.641. The van der Waals surface area contributed by atoms with Crippen LogP contribution in [0.4, 0.5) is 17.3 Å². The van der Waals surface area contributed by atoms with E-state index in [9.17, 15) is 4.79 Å². The van der Waals surface area contributed by atoms with Crippen LogP contribution in [0.1, 0.15) is 29.0 Å². The van der Waals surface area contributed by atoms with Crippen LogP contribution < -0.4 is 16.4 Å². The minimum Gasteiger partial charge on any atom is -0.380 e. The molecule has 134 valence electrons. The molecule has 0 aromatic carbocycles. The van der Waals surface area contributed by atoms with E-state index >= 15 is 0 Å². The predicted molar refractivity (Wildman–Crippen MR) is 94.7 cm³/mol. The highest BCUT2D eigenvalue weighted by atomic mass is 16.1. The number of aromatic nitrogens is 4. The molecule has 1 amide bonds. The summed E-state index contributed by atoms with van der Waals surface area (Å²) in [4.78, 5) is 21.9.